The lowest BCUT2D eigenvalue weighted by atomic mass is 9.95. The van der Waals surface area contributed by atoms with Crippen molar-refractivity contribution in [3.63, 3.8) is 0 Å². The highest BCUT2D eigenvalue weighted by Crippen LogP contribution is 2.49. The van der Waals surface area contributed by atoms with Crippen molar-refractivity contribution in [1.82, 2.24) is 14.5 Å². The fourth-order valence-electron chi connectivity index (χ4n) is 6.27. The van der Waals surface area contributed by atoms with Crippen molar-refractivity contribution in [2.24, 2.45) is 16.3 Å². The van der Waals surface area contributed by atoms with Gasteiger partial charge in [-0.25, -0.2) is 13.6 Å². The Morgan fingerprint density at radius 3 is 2.48 bits per heavy atom. The Hall–Kier alpha value is -4.11. The molecule has 0 spiro atoms. The minimum atomic E-state index is -5.00. The largest absolute Gasteiger partial charge is 0.417 e. The summed E-state index contributed by atoms with van der Waals surface area (Å²) in [5.41, 5.74) is -2.91. The van der Waals surface area contributed by atoms with Gasteiger partial charge < -0.3 is 9.80 Å². The average Bonchev–Trinajstić information content (AvgIpc) is 3.42. The molecule has 0 radical (unpaired) electrons. The number of nitrogens with zero attached hydrogens (tertiary/aromatic N) is 7. The molecule has 2 aromatic carbocycles. The molecule has 6 rings (SSSR count). The molecule has 0 N–H and O–H groups in total. The van der Waals surface area contributed by atoms with E-state index in [0.717, 1.165) is 23.9 Å². The molecule has 9 nitrogen and oxygen atoms in total. The third-order valence-corrected chi connectivity index (χ3v) is 9.66. The highest BCUT2D eigenvalue weighted by atomic mass is 35.5. The number of carbonyl (C=O) groups excluding carboxylic acids is 1. The van der Waals surface area contributed by atoms with Crippen LogP contribution < -0.4 is 10.6 Å². The van der Waals surface area contributed by atoms with Gasteiger partial charge in [-0.15, -0.1) is 16.4 Å². The third-order valence-electron chi connectivity index (χ3n) is 8.09. The monoisotopic (exact) mass is 678 g/mol. The molecular formula is C30H26ClF5N7O2S+. The Kier molecular flexibility index (Phi) is 8.25. The number of alkyl halides is 3. The molecule has 1 saturated heterocycles. The van der Waals surface area contributed by atoms with Crippen molar-refractivity contribution in [1.29, 1.82) is 0 Å². The van der Waals surface area contributed by atoms with E-state index in [9.17, 15) is 27.2 Å². The maximum absolute atomic E-state index is 15.4. The predicted molar refractivity (Wildman–Crippen MR) is 164 cm³/mol. The number of piperazine rings is 1. The van der Waals surface area contributed by atoms with Gasteiger partial charge in [0.2, 0.25) is 12.1 Å². The van der Waals surface area contributed by atoms with E-state index in [1.807, 2.05) is 0 Å². The van der Waals surface area contributed by atoms with Crippen molar-refractivity contribution >= 4 is 52.2 Å². The van der Waals surface area contributed by atoms with Crippen LogP contribution in [0.25, 0.3) is 22.0 Å². The van der Waals surface area contributed by atoms with Crippen LogP contribution in [0, 0.1) is 17.6 Å². The summed E-state index contributed by atoms with van der Waals surface area (Å²) in [5.74, 6) is -2.92. The summed E-state index contributed by atoms with van der Waals surface area (Å²) in [7, 11) is 0. The fraction of sp³-hybridized carbons (Fsp3) is 0.333. The first-order chi connectivity index (χ1) is 21.8. The van der Waals surface area contributed by atoms with Crippen LogP contribution in [0.2, 0.25) is 5.02 Å². The van der Waals surface area contributed by atoms with Crippen LogP contribution in [0.15, 0.2) is 63.3 Å². The van der Waals surface area contributed by atoms with Gasteiger partial charge in [0.15, 0.2) is 6.20 Å². The van der Waals surface area contributed by atoms with Gasteiger partial charge in [0.05, 0.1) is 21.2 Å². The normalized spacial score (nSPS) is 22.2. The molecule has 1 amide bonds. The number of halogens is 6. The highest BCUT2D eigenvalue weighted by molar-refractivity contribution is 7.99. The lowest BCUT2D eigenvalue weighted by Crippen LogP contribution is -2.58. The molecular weight excluding hydrogens is 653 g/mol. The second-order valence-corrected chi connectivity index (χ2v) is 12.7. The Morgan fingerprint density at radius 2 is 1.85 bits per heavy atom. The number of benzene rings is 2. The van der Waals surface area contributed by atoms with Crippen molar-refractivity contribution < 1.29 is 31.4 Å². The summed E-state index contributed by atoms with van der Waals surface area (Å²) >= 11 is 6.97. The number of rotatable bonds is 4. The zero-order valence-electron chi connectivity index (χ0n) is 24.4. The number of carbonyl (C=O) groups is 1. The van der Waals surface area contributed by atoms with Gasteiger partial charge in [-0.2, -0.15) is 18.2 Å². The molecule has 1 unspecified atom stereocenters. The molecule has 4 heterocycles. The summed E-state index contributed by atoms with van der Waals surface area (Å²) in [4.78, 5) is 33.9. The Bertz CT molecular complexity index is 1920. The SMILES string of the molecule is C=CC(=O)N1[C@H](C)CN(c2nc(=O)n3c4c(c(-c5cc(Cl)c(F)cc5F)c(C(F)(F)F)cc24)SCC(/C=[N+]2\C=CN=N2)C3)C[C@@H]1C. The minimum Gasteiger partial charge on any atom is -0.352 e. The van der Waals surface area contributed by atoms with Gasteiger partial charge in [0, 0.05) is 70.9 Å². The number of thioether (sulfide) groups is 1. The van der Waals surface area contributed by atoms with Gasteiger partial charge in [-0.3, -0.25) is 9.36 Å². The van der Waals surface area contributed by atoms with E-state index in [-0.39, 0.29) is 52.9 Å². The lowest BCUT2D eigenvalue weighted by molar-refractivity contribution is -0.461. The zero-order valence-corrected chi connectivity index (χ0v) is 26.0. The van der Waals surface area contributed by atoms with E-state index in [0.29, 0.717) is 6.07 Å². The van der Waals surface area contributed by atoms with E-state index in [4.69, 9.17) is 11.6 Å². The maximum atomic E-state index is 15.4. The van der Waals surface area contributed by atoms with E-state index >= 15 is 4.39 Å². The van der Waals surface area contributed by atoms with Crippen molar-refractivity contribution in [3.05, 3.63) is 76.0 Å². The molecule has 3 aliphatic heterocycles. The van der Waals surface area contributed by atoms with Crippen molar-refractivity contribution in [2.45, 2.75) is 43.5 Å². The number of hydrogen-bond donors (Lipinski definition) is 0. The van der Waals surface area contributed by atoms with Crippen molar-refractivity contribution in [2.75, 3.05) is 23.7 Å². The van der Waals surface area contributed by atoms with Crippen LogP contribution in [0.3, 0.4) is 0 Å². The molecule has 1 fully saturated rings. The van der Waals surface area contributed by atoms with Crippen LogP contribution in [0.5, 0.6) is 0 Å². The third kappa shape index (κ3) is 5.59. The zero-order chi connectivity index (χ0) is 33.1. The lowest BCUT2D eigenvalue weighted by Gasteiger charge is -2.44. The molecule has 46 heavy (non-hydrogen) atoms. The van der Waals surface area contributed by atoms with Gasteiger partial charge in [-0.05, 0) is 32.1 Å². The molecule has 0 aliphatic carbocycles. The summed E-state index contributed by atoms with van der Waals surface area (Å²) in [6.07, 6.45) is 0.901. The Balaban J connectivity index is 1.65. The summed E-state index contributed by atoms with van der Waals surface area (Å²) < 4.78 is 77.2. The van der Waals surface area contributed by atoms with E-state index in [1.165, 1.54) is 21.5 Å². The Labute approximate surface area is 268 Å². The van der Waals surface area contributed by atoms with E-state index in [1.54, 1.807) is 36.1 Å². The van der Waals surface area contributed by atoms with E-state index < -0.39 is 63.2 Å². The second-order valence-electron chi connectivity index (χ2n) is 11.3. The first kappa shape index (κ1) is 31.9. The van der Waals surface area contributed by atoms with Crippen LogP contribution in [-0.4, -0.2) is 62.2 Å². The quantitative estimate of drug-likeness (QED) is 0.140. The Morgan fingerprint density at radius 1 is 1.13 bits per heavy atom. The van der Waals surface area contributed by atoms with Crippen LogP contribution in [0.1, 0.15) is 19.4 Å². The first-order valence-electron chi connectivity index (χ1n) is 14.1. The molecule has 3 aromatic rings. The molecule has 16 heteroatoms. The average molecular weight is 679 g/mol. The molecule has 3 aliphatic rings. The number of anilines is 1. The fourth-order valence-corrected chi connectivity index (χ4v) is 7.72. The summed E-state index contributed by atoms with van der Waals surface area (Å²) in [6.45, 7) is 7.49. The minimum absolute atomic E-state index is 0.0101. The smallest absolute Gasteiger partial charge is 0.352 e. The number of aromatic nitrogens is 2. The van der Waals surface area contributed by atoms with Crippen molar-refractivity contribution in [3.8, 4) is 11.1 Å². The van der Waals surface area contributed by atoms with E-state index in [2.05, 4.69) is 21.9 Å². The number of amides is 1. The summed E-state index contributed by atoms with van der Waals surface area (Å²) in [6, 6.07) is 1.35. The predicted octanol–water partition coefficient (Wildman–Crippen LogP) is 6.28. The van der Waals surface area contributed by atoms with Gasteiger partial charge in [-0.1, -0.05) is 18.2 Å². The van der Waals surface area contributed by atoms with Gasteiger partial charge in [0.25, 0.3) is 0 Å². The molecule has 240 valence electrons. The molecule has 0 bridgehead atoms. The van der Waals surface area contributed by atoms with Crippen LogP contribution in [0.4, 0.5) is 27.8 Å². The molecule has 1 aromatic heterocycles. The standard InChI is InChI=1S/C30H26ClF5N7O2S/c1-4-24(44)43-15(2)10-40(11-16(43)3)28-19-7-20(30(34,35)36)25(18-8-21(31)23(33)9-22(18)32)27-26(19)42(29(45)38-28)13-17(14-46-27)12-41-6-5-37-39-41/h4-9,12,15-17H,1,10-11,13-14H2,2-3H3/q+1/b41-12+/t15-,16+,17?. The topological polar surface area (TPSA) is 86.2 Å². The van der Waals surface area contributed by atoms with Crippen LogP contribution >= 0.6 is 23.4 Å². The van der Waals surface area contributed by atoms with Crippen LogP contribution in [-0.2, 0) is 17.5 Å². The first-order valence-corrected chi connectivity index (χ1v) is 15.5. The molecule has 3 atom stereocenters. The molecule has 0 saturated carbocycles. The van der Waals surface area contributed by atoms with Gasteiger partial charge in [0.1, 0.15) is 28.9 Å². The maximum Gasteiger partial charge on any atom is 0.417 e. The van der Waals surface area contributed by atoms with Gasteiger partial charge >= 0.3 is 11.9 Å². The highest BCUT2D eigenvalue weighted by Gasteiger charge is 2.40. The number of hydrogen-bond acceptors (Lipinski definition) is 7. The summed E-state index contributed by atoms with van der Waals surface area (Å²) in [5, 5.41) is 7.16. The second kappa shape index (κ2) is 11.9.